The van der Waals surface area contributed by atoms with Crippen LogP contribution < -0.4 is 10.9 Å². The molecule has 3 aromatic heterocycles. The molecule has 0 aliphatic heterocycles. The van der Waals surface area contributed by atoms with Crippen LogP contribution in [0.2, 0.25) is 5.02 Å². The summed E-state index contributed by atoms with van der Waals surface area (Å²) in [5.41, 5.74) is 2.27. The van der Waals surface area contributed by atoms with Crippen molar-refractivity contribution in [1.82, 2.24) is 24.3 Å². The van der Waals surface area contributed by atoms with Crippen molar-refractivity contribution in [3.05, 3.63) is 87.3 Å². The molecule has 3 heterocycles. The van der Waals surface area contributed by atoms with E-state index < -0.39 is 11.9 Å². The number of rotatable bonds is 7. The van der Waals surface area contributed by atoms with Crippen LogP contribution >= 0.6 is 11.6 Å². The second-order valence-corrected chi connectivity index (χ2v) is 7.83. The minimum Gasteiger partial charge on any atom is -0.394 e. The molecule has 33 heavy (non-hydrogen) atoms. The van der Waals surface area contributed by atoms with Crippen molar-refractivity contribution < 1.29 is 9.50 Å². The van der Waals surface area contributed by atoms with Gasteiger partial charge in [-0.3, -0.25) is 9.48 Å². The molecule has 0 saturated carbocycles. The highest BCUT2D eigenvalue weighted by Crippen LogP contribution is 2.24. The first-order valence-electron chi connectivity index (χ1n) is 10.3. The molecule has 2 N–H and O–H groups in total. The maximum absolute atomic E-state index is 13.5. The fourth-order valence-electron chi connectivity index (χ4n) is 3.49. The average molecular weight is 469 g/mol. The zero-order valence-electron chi connectivity index (χ0n) is 18.0. The van der Waals surface area contributed by atoms with Crippen LogP contribution in [0.1, 0.15) is 24.2 Å². The summed E-state index contributed by atoms with van der Waals surface area (Å²) in [5, 5.41) is 17.3. The lowest BCUT2D eigenvalue weighted by molar-refractivity contribution is 0.247. The van der Waals surface area contributed by atoms with Crippen molar-refractivity contribution in [2.45, 2.75) is 19.4 Å². The highest BCUT2D eigenvalue weighted by atomic mass is 35.5. The predicted octanol–water partition coefficient (Wildman–Crippen LogP) is 3.72. The van der Waals surface area contributed by atoms with Gasteiger partial charge < -0.3 is 15.0 Å². The average Bonchev–Trinajstić information content (AvgIpc) is 3.17. The van der Waals surface area contributed by atoms with E-state index in [0.29, 0.717) is 22.8 Å². The summed E-state index contributed by atoms with van der Waals surface area (Å²) in [4.78, 5) is 21.6. The molecule has 0 fully saturated rings. The Morgan fingerprint density at radius 3 is 2.70 bits per heavy atom. The molecule has 0 aliphatic carbocycles. The fourth-order valence-corrected chi connectivity index (χ4v) is 3.68. The van der Waals surface area contributed by atoms with Crippen LogP contribution in [0, 0.1) is 5.82 Å². The van der Waals surface area contributed by atoms with E-state index in [2.05, 4.69) is 20.4 Å². The number of hydrogen-bond donors (Lipinski definition) is 2. The van der Waals surface area contributed by atoms with Crippen molar-refractivity contribution >= 4 is 23.4 Å². The summed E-state index contributed by atoms with van der Waals surface area (Å²) in [7, 11) is 1.83. The molecule has 0 spiro atoms. The number of aliphatic hydroxyl groups is 1. The van der Waals surface area contributed by atoms with Crippen molar-refractivity contribution in [2.75, 3.05) is 11.9 Å². The minimum absolute atomic E-state index is 0.0730. The Bertz CT molecular complexity index is 1350. The number of pyridine rings is 1. The van der Waals surface area contributed by atoms with Gasteiger partial charge in [-0.2, -0.15) is 5.10 Å². The van der Waals surface area contributed by atoms with Gasteiger partial charge in [-0.05, 0) is 36.2 Å². The maximum Gasteiger partial charge on any atom is 0.251 e. The molecule has 0 amide bonds. The van der Waals surface area contributed by atoms with Gasteiger partial charge in [-0.15, -0.1) is 0 Å². The first kappa shape index (κ1) is 22.6. The van der Waals surface area contributed by atoms with E-state index in [-0.39, 0.29) is 17.2 Å². The predicted molar refractivity (Wildman–Crippen MR) is 124 cm³/mol. The molecule has 1 aromatic carbocycles. The molecule has 0 radical (unpaired) electrons. The van der Waals surface area contributed by atoms with Crippen LogP contribution in [-0.2, 0) is 13.5 Å². The Balaban J connectivity index is 1.62. The van der Waals surface area contributed by atoms with Crippen molar-refractivity contribution in [1.29, 1.82) is 0 Å². The standard InChI is InChI=1S/C23H22ClFN6O2/c1-3-16-12-21(30(2)29-16)28-23-26-8-6-19(27-23)14-7-9-31(22(33)11-14)20(13-32)15-4-5-18(25)17(24)10-15/h4-12,20,32H,3,13H2,1-2H3,(H,26,27,28)/t20-/m1/s1. The lowest BCUT2D eigenvalue weighted by atomic mass is 10.1. The largest absolute Gasteiger partial charge is 0.394 e. The van der Waals surface area contributed by atoms with Crippen molar-refractivity contribution in [2.24, 2.45) is 7.05 Å². The van der Waals surface area contributed by atoms with Gasteiger partial charge in [0.1, 0.15) is 11.6 Å². The molecule has 1 atom stereocenters. The van der Waals surface area contributed by atoms with E-state index >= 15 is 0 Å². The molecule has 0 unspecified atom stereocenters. The summed E-state index contributed by atoms with van der Waals surface area (Å²) < 4.78 is 16.6. The molecule has 0 bridgehead atoms. The Kier molecular flexibility index (Phi) is 6.52. The van der Waals surface area contributed by atoms with Gasteiger partial charge in [0.05, 0.1) is 29.1 Å². The van der Waals surface area contributed by atoms with Crippen LogP contribution in [0.3, 0.4) is 0 Å². The zero-order valence-corrected chi connectivity index (χ0v) is 18.8. The summed E-state index contributed by atoms with van der Waals surface area (Å²) in [5.74, 6) is 0.560. The van der Waals surface area contributed by atoms with Crippen LogP contribution in [-0.4, -0.2) is 36.0 Å². The smallest absolute Gasteiger partial charge is 0.251 e. The van der Waals surface area contributed by atoms with E-state index in [1.54, 1.807) is 29.2 Å². The topological polar surface area (TPSA) is 97.9 Å². The number of anilines is 2. The van der Waals surface area contributed by atoms with Crippen LogP contribution in [0.15, 0.2) is 59.7 Å². The molecule has 4 rings (SSSR count). The summed E-state index contributed by atoms with van der Waals surface area (Å²) >= 11 is 5.87. The second-order valence-electron chi connectivity index (χ2n) is 7.42. The van der Waals surface area contributed by atoms with Gasteiger partial charge in [0.2, 0.25) is 5.95 Å². The lowest BCUT2D eigenvalue weighted by Gasteiger charge is -2.18. The molecule has 4 aromatic rings. The highest BCUT2D eigenvalue weighted by molar-refractivity contribution is 6.30. The zero-order chi connectivity index (χ0) is 23.5. The minimum atomic E-state index is -0.704. The number of aliphatic hydroxyl groups excluding tert-OH is 1. The first-order chi connectivity index (χ1) is 15.9. The van der Waals surface area contributed by atoms with E-state index in [4.69, 9.17) is 11.6 Å². The van der Waals surface area contributed by atoms with E-state index in [9.17, 15) is 14.3 Å². The second kappa shape index (κ2) is 9.51. The Morgan fingerprint density at radius 1 is 1.21 bits per heavy atom. The van der Waals surface area contributed by atoms with Gasteiger partial charge >= 0.3 is 0 Å². The lowest BCUT2D eigenvalue weighted by Crippen LogP contribution is -2.26. The van der Waals surface area contributed by atoms with E-state index in [0.717, 1.165) is 17.9 Å². The number of benzene rings is 1. The monoisotopic (exact) mass is 468 g/mol. The third-order valence-corrected chi connectivity index (χ3v) is 5.56. The van der Waals surface area contributed by atoms with Gasteiger partial charge in [0.25, 0.3) is 5.56 Å². The van der Waals surface area contributed by atoms with E-state index in [1.165, 1.54) is 28.8 Å². The molecule has 170 valence electrons. The molecular weight excluding hydrogens is 447 g/mol. The number of halogens is 2. The number of nitrogens with zero attached hydrogens (tertiary/aromatic N) is 5. The number of aromatic nitrogens is 5. The number of aryl methyl sites for hydroxylation is 2. The van der Waals surface area contributed by atoms with Gasteiger partial charge in [-0.25, -0.2) is 14.4 Å². The third kappa shape index (κ3) is 4.79. The highest BCUT2D eigenvalue weighted by Gasteiger charge is 2.16. The molecule has 0 aliphatic rings. The SMILES string of the molecule is CCc1cc(Nc2nccc(-c3ccn([C@H](CO)c4ccc(F)c(Cl)c4)c(=O)c3)n2)n(C)n1. The quantitative estimate of drug-likeness (QED) is 0.429. The normalized spacial score (nSPS) is 12.0. The first-order valence-corrected chi connectivity index (χ1v) is 10.7. The Hall–Kier alpha value is -3.56. The van der Waals surface area contributed by atoms with E-state index in [1.807, 2.05) is 20.0 Å². The van der Waals surface area contributed by atoms with Crippen molar-refractivity contribution in [3.63, 3.8) is 0 Å². The molecule has 10 heteroatoms. The van der Waals surface area contributed by atoms with Crippen LogP contribution in [0.25, 0.3) is 11.3 Å². The Morgan fingerprint density at radius 2 is 2.03 bits per heavy atom. The summed E-state index contributed by atoms with van der Waals surface area (Å²) in [6.07, 6.45) is 3.98. The maximum atomic E-state index is 13.5. The molecule has 8 nitrogen and oxygen atoms in total. The summed E-state index contributed by atoms with van der Waals surface area (Å²) in [6, 6.07) is 10.2. The third-order valence-electron chi connectivity index (χ3n) is 5.27. The van der Waals surface area contributed by atoms with Gasteiger partial charge in [-0.1, -0.05) is 24.6 Å². The summed E-state index contributed by atoms with van der Waals surface area (Å²) in [6.45, 7) is 1.67. The van der Waals surface area contributed by atoms with Crippen LogP contribution in [0.4, 0.5) is 16.2 Å². The Labute approximate surface area is 194 Å². The van der Waals surface area contributed by atoms with Crippen LogP contribution in [0.5, 0.6) is 0 Å². The number of hydrogen-bond acceptors (Lipinski definition) is 6. The van der Waals surface area contributed by atoms with Gasteiger partial charge in [0.15, 0.2) is 0 Å². The molecule has 0 saturated heterocycles. The fraction of sp³-hybridized carbons (Fsp3) is 0.217. The number of nitrogens with one attached hydrogen (secondary N) is 1. The van der Waals surface area contributed by atoms with Gasteiger partial charge in [0, 0.05) is 37.1 Å². The van der Waals surface area contributed by atoms with Crippen molar-refractivity contribution in [3.8, 4) is 11.3 Å². The molecular formula is C23H22ClFN6O2.